The molecule has 0 aliphatic rings. The van der Waals surface area contributed by atoms with Crippen molar-refractivity contribution in [2.24, 2.45) is 0 Å². The molecule has 0 aliphatic carbocycles. The Bertz CT molecular complexity index is 904. The third-order valence-electron chi connectivity index (χ3n) is 3.49. The molecular formula is C16H15FN4O. The van der Waals surface area contributed by atoms with Crippen LogP contribution in [0.1, 0.15) is 12.6 Å². The highest BCUT2D eigenvalue weighted by atomic mass is 19.1. The lowest BCUT2D eigenvalue weighted by Gasteiger charge is -2.13. The number of para-hydroxylation sites is 1. The first kappa shape index (κ1) is 14.2. The normalized spacial score (nSPS) is 10.9. The number of hydrogen-bond acceptors (Lipinski definition) is 4. The maximum Gasteiger partial charge on any atom is 0.355 e. The first-order valence-corrected chi connectivity index (χ1v) is 7.01. The van der Waals surface area contributed by atoms with E-state index in [9.17, 15) is 9.18 Å². The van der Waals surface area contributed by atoms with Crippen molar-refractivity contribution in [2.45, 2.75) is 13.3 Å². The lowest BCUT2D eigenvalue weighted by Crippen LogP contribution is -2.24. The SMILES string of the molecule is CCc1ccc2c(NC)nc(=O)n(-c3ccccc3F)c2n1. The average molecular weight is 298 g/mol. The van der Waals surface area contributed by atoms with E-state index in [2.05, 4.69) is 15.3 Å². The third-order valence-corrected chi connectivity index (χ3v) is 3.49. The molecule has 112 valence electrons. The molecule has 2 heterocycles. The van der Waals surface area contributed by atoms with Gasteiger partial charge in [-0.15, -0.1) is 0 Å². The second-order valence-corrected chi connectivity index (χ2v) is 4.81. The van der Waals surface area contributed by atoms with E-state index in [-0.39, 0.29) is 5.69 Å². The molecule has 0 spiro atoms. The molecule has 0 amide bonds. The smallest absolute Gasteiger partial charge is 0.355 e. The summed E-state index contributed by atoms with van der Waals surface area (Å²) in [4.78, 5) is 20.8. The molecular weight excluding hydrogens is 283 g/mol. The Labute approximate surface area is 126 Å². The number of aromatic nitrogens is 3. The fraction of sp³-hybridized carbons (Fsp3) is 0.188. The Morgan fingerprint density at radius 3 is 2.64 bits per heavy atom. The van der Waals surface area contributed by atoms with Crippen LogP contribution in [0.25, 0.3) is 16.7 Å². The van der Waals surface area contributed by atoms with Gasteiger partial charge < -0.3 is 5.32 Å². The van der Waals surface area contributed by atoms with E-state index in [1.807, 2.05) is 19.1 Å². The zero-order valence-electron chi connectivity index (χ0n) is 12.3. The Balaban J connectivity index is 2.46. The average Bonchev–Trinajstić information content (AvgIpc) is 2.54. The lowest BCUT2D eigenvalue weighted by atomic mass is 10.2. The van der Waals surface area contributed by atoms with E-state index in [4.69, 9.17) is 0 Å². The van der Waals surface area contributed by atoms with Crippen molar-refractivity contribution in [3.8, 4) is 5.69 Å². The minimum absolute atomic E-state index is 0.147. The van der Waals surface area contributed by atoms with Crippen LogP contribution in [0.3, 0.4) is 0 Å². The highest BCUT2D eigenvalue weighted by Crippen LogP contribution is 2.22. The molecule has 0 fully saturated rings. The number of nitrogens with zero attached hydrogens (tertiary/aromatic N) is 3. The van der Waals surface area contributed by atoms with Crippen LogP contribution in [0.15, 0.2) is 41.2 Å². The van der Waals surface area contributed by atoms with Crippen molar-refractivity contribution in [3.05, 3.63) is 58.4 Å². The summed E-state index contributed by atoms with van der Waals surface area (Å²) in [6.45, 7) is 1.97. The monoisotopic (exact) mass is 298 g/mol. The standard InChI is InChI=1S/C16H15FN4O/c1-3-10-8-9-11-14(18-2)20-16(22)21(15(11)19-10)13-7-5-4-6-12(13)17/h4-9H,3H2,1-2H3,(H,18,20,22). The summed E-state index contributed by atoms with van der Waals surface area (Å²) >= 11 is 0. The van der Waals surface area contributed by atoms with Crippen LogP contribution in [0.4, 0.5) is 10.2 Å². The van der Waals surface area contributed by atoms with Crippen molar-refractivity contribution < 1.29 is 4.39 Å². The number of anilines is 1. The topological polar surface area (TPSA) is 59.8 Å². The van der Waals surface area contributed by atoms with Gasteiger partial charge in [0.1, 0.15) is 11.6 Å². The second kappa shape index (κ2) is 5.55. The van der Waals surface area contributed by atoms with Crippen molar-refractivity contribution in [1.82, 2.24) is 14.5 Å². The number of hydrogen-bond donors (Lipinski definition) is 1. The third kappa shape index (κ3) is 2.22. The van der Waals surface area contributed by atoms with Gasteiger partial charge >= 0.3 is 5.69 Å². The van der Waals surface area contributed by atoms with Crippen LogP contribution in [0, 0.1) is 5.82 Å². The van der Waals surface area contributed by atoms with Crippen LogP contribution in [0.2, 0.25) is 0 Å². The Kier molecular flexibility index (Phi) is 3.58. The van der Waals surface area contributed by atoms with E-state index in [1.165, 1.54) is 16.7 Å². The lowest BCUT2D eigenvalue weighted by molar-refractivity contribution is 0.616. The van der Waals surface area contributed by atoms with Gasteiger partial charge in [0.15, 0.2) is 5.65 Å². The van der Waals surface area contributed by atoms with Crippen LogP contribution in [-0.4, -0.2) is 21.6 Å². The van der Waals surface area contributed by atoms with E-state index in [0.29, 0.717) is 16.9 Å². The number of rotatable bonds is 3. The molecule has 1 aromatic carbocycles. The molecule has 0 bridgehead atoms. The van der Waals surface area contributed by atoms with Gasteiger partial charge in [0, 0.05) is 12.7 Å². The molecule has 6 heteroatoms. The van der Waals surface area contributed by atoms with Crippen molar-refractivity contribution >= 4 is 16.9 Å². The maximum atomic E-state index is 14.1. The molecule has 0 radical (unpaired) electrons. The molecule has 0 saturated carbocycles. The number of halogens is 1. The zero-order chi connectivity index (χ0) is 15.7. The van der Waals surface area contributed by atoms with Gasteiger partial charge in [-0.2, -0.15) is 4.98 Å². The van der Waals surface area contributed by atoms with Crippen LogP contribution in [0.5, 0.6) is 0 Å². The minimum Gasteiger partial charge on any atom is -0.372 e. The van der Waals surface area contributed by atoms with E-state index >= 15 is 0 Å². The highest BCUT2D eigenvalue weighted by Gasteiger charge is 2.15. The molecule has 22 heavy (non-hydrogen) atoms. The fourth-order valence-electron chi connectivity index (χ4n) is 2.38. The van der Waals surface area contributed by atoms with E-state index in [0.717, 1.165) is 12.1 Å². The van der Waals surface area contributed by atoms with Gasteiger partial charge in [0.2, 0.25) is 0 Å². The number of nitrogens with one attached hydrogen (secondary N) is 1. The molecule has 0 unspecified atom stereocenters. The molecule has 0 aliphatic heterocycles. The quantitative estimate of drug-likeness (QED) is 0.807. The van der Waals surface area contributed by atoms with Crippen LogP contribution < -0.4 is 11.0 Å². The van der Waals surface area contributed by atoms with Crippen LogP contribution in [-0.2, 0) is 6.42 Å². The van der Waals surface area contributed by atoms with Gasteiger partial charge in [0.25, 0.3) is 0 Å². The summed E-state index contributed by atoms with van der Waals surface area (Å²) in [6.07, 6.45) is 0.721. The van der Waals surface area contributed by atoms with Gasteiger partial charge in [0.05, 0.1) is 11.1 Å². The molecule has 5 nitrogen and oxygen atoms in total. The van der Waals surface area contributed by atoms with Gasteiger partial charge in [-0.1, -0.05) is 19.1 Å². The number of fused-ring (bicyclic) bond motifs is 1. The van der Waals surface area contributed by atoms with Crippen molar-refractivity contribution in [3.63, 3.8) is 0 Å². The number of aryl methyl sites for hydroxylation is 1. The van der Waals surface area contributed by atoms with Crippen LogP contribution >= 0.6 is 0 Å². The summed E-state index contributed by atoms with van der Waals surface area (Å²) < 4.78 is 15.3. The molecule has 3 aromatic rings. The van der Waals surface area contributed by atoms with Gasteiger partial charge in [-0.3, -0.25) is 0 Å². The molecule has 0 saturated heterocycles. The van der Waals surface area contributed by atoms with Crippen molar-refractivity contribution in [2.75, 3.05) is 12.4 Å². The molecule has 1 N–H and O–H groups in total. The largest absolute Gasteiger partial charge is 0.372 e. The Morgan fingerprint density at radius 2 is 1.95 bits per heavy atom. The summed E-state index contributed by atoms with van der Waals surface area (Å²) in [6, 6.07) is 9.82. The van der Waals surface area contributed by atoms with Gasteiger partial charge in [-0.05, 0) is 30.7 Å². The molecule has 2 aromatic heterocycles. The Morgan fingerprint density at radius 1 is 1.18 bits per heavy atom. The fourth-order valence-corrected chi connectivity index (χ4v) is 2.38. The summed E-state index contributed by atoms with van der Waals surface area (Å²) in [5.74, 6) is -0.0589. The Hall–Kier alpha value is -2.76. The van der Waals surface area contributed by atoms with E-state index < -0.39 is 11.5 Å². The summed E-state index contributed by atoms with van der Waals surface area (Å²) in [7, 11) is 1.68. The predicted octanol–water partition coefficient (Wildman–Crippen LogP) is 2.52. The van der Waals surface area contributed by atoms with Crippen molar-refractivity contribution in [1.29, 1.82) is 0 Å². The maximum absolute atomic E-state index is 14.1. The minimum atomic E-state index is -0.567. The number of pyridine rings is 1. The van der Waals surface area contributed by atoms with Gasteiger partial charge in [-0.25, -0.2) is 18.7 Å². The molecule has 0 atom stereocenters. The summed E-state index contributed by atoms with van der Waals surface area (Å²) in [5.41, 5.74) is 0.801. The van der Waals surface area contributed by atoms with E-state index in [1.54, 1.807) is 19.2 Å². The zero-order valence-corrected chi connectivity index (χ0v) is 12.3. The highest BCUT2D eigenvalue weighted by molar-refractivity contribution is 5.87. The number of benzene rings is 1. The summed E-state index contributed by atoms with van der Waals surface area (Å²) in [5, 5.41) is 3.55. The first-order chi connectivity index (χ1) is 10.7. The second-order valence-electron chi connectivity index (χ2n) is 4.81. The first-order valence-electron chi connectivity index (χ1n) is 7.01. The predicted molar refractivity (Wildman–Crippen MR) is 84.0 cm³/mol. The molecule has 3 rings (SSSR count).